The minimum atomic E-state index is -0.390. The normalized spacial score (nSPS) is 22.5. The summed E-state index contributed by atoms with van der Waals surface area (Å²) in [5.41, 5.74) is 2.07. The van der Waals surface area contributed by atoms with E-state index in [4.69, 9.17) is 0 Å². The third-order valence-corrected chi connectivity index (χ3v) is 5.70. The van der Waals surface area contributed by atoms with E-state index >= 15 is 0 Å². The van der Waals surface area contributed by atoms with Gasteiger partial charge in [0.25, 0.3) is 0 Å². The first-order valence-corrected chi connectivity index (χ1v) is 9.59. The van der Waals surface area contributed by atoms with Crippen molar-refractivity contribution in [3.05, 3.63) is 51.7 Å². The number of carbonyl (C=O) groups excluding carboxylic acids is 1. The van der Waals surface area contributed by atoms with Crippen LogP contribution in [0.25, 0.3) is 0 Å². The molecule has 1 unspecified atom stereocenters. The average Bonchev–Trinajstić information content (AvgIpc) is 3.20. The maximum Gasteiger partial charge on any atom is 0.346 e. The number of nitrogens with zero attached hydrogens (tertiary/aromatic N) is 4. The van der Waals surface area contributed by atoms with E-state index in [2.05, 4.69) is 12.0 Å². The van der Waals surface area contributed by atoms with E-state index in [0.717, 1.165) is 50.0 Å². The Morgan fingerprint density at radius 1 is 1.19 bits per heavy atom. The van der Waals surface area contributed by atoms with Gasteiger partial charge >= 0.3 is 5.69 Å². The molecule has 1 aromatic heterocycles. The Hall–Kier alpha value is -2.37. The zero-order valence-electron chi connectivity index (χ0n) is 15.5. The molecular weight excluding hydrogens is 328 g/mol. The van der Waals surface area contributed by atoms with Gasteiger partial charge in [0.1, 0.15) is 11.9 Å². The molecule has 26 heavy (non-hydrogen) atoms. The van der Waals surface area contributed by atoms with E-state index in [1.165, 1.54) is 10.2 Å². The highest BCUT2D eigenvalue weighted by atomic mass is 16.2. The number of hydrogen-bond donors (Lipinski definition) is 0. The van der Waals surface area contributed by atoms with Crippen LogP contribution in [0.5, 0.6) is 0 Å². The molecule has 6 nitrogen and oxygen atoms in total. The van der Waals surface area contributed by atoms with Crippen molar-refractivity contribution < 1.29 is 4.79 Å². The summed E-state index contributed by atoms with van der Waals surface area (Å²) in [5.74, 6) is 0.839. The first kappa shape index (κ1) is 17.1. The van der Waals surface area contributed by atoms with Crippen LogP contribution in [-0.4, -0.2) is 37.7 Å². The van der Waals surface area contributed by atoms with Gasteiger partial charge in [0.2, 0.25) is 5.91 Å². The Morgan fingerprint density at radius 2 is 1.96 bits per heavy atom. The van der Waals surface area contributed by atoms with Gasteiger partial charge in [-0.3, -0.25) is 9.36 Å². The van der Waals surface area contributed by atoms with Crippen LogP contribution in [-0.2, 0) is 17.8 Å². The molecule has 6 heteroatoms. The van der Waals surface area contributed by atoms with Gasteiger partial charge in [-0.05, 0) is 45.1 Å². The van der Waals surface area contributed by atoms with Crippen molar-refractivity contribution in [1.29, 1.82) is 0 Å². The lowest BCUT2D eigenvalue weighted by atomic mass is 10.0. The van der Waals surface area contributed by atoms with Crippen LogP contribution in [0.4, 0.5) is 0 Å². The van der Waals surface area contributed by atoms with Crippen molar-refractivity contribution in [2.75, 3.05) is 6.54 Å². The Balaban J connectivity index is 1.64. The van der Waals surface area contributed by atoms with Gasteiger partial charge in [0.05, 0.1) is 6.54 Å². The second-order valence-electron chi connectivity index (χ2n) is 7.64. The fraction of sp³-hybridized carbons (Fsp3) is 0.550. The monoisotopic (exact) mass is 354 g/mol. The van der Waals surface area contributed by atoms with Crippen LogP contribution in [0.2, 0.25) is 0 Å². The number of aromatic nitrogens is 3. The van der Waals surface area contributed by atoms with Gasteiger partial charge < -0.3 is 4.90 Å². The van der Waals surface area contributed by atoms with Gasteiger partial charge in [0, 0.05) is 19.0 Å². The standard InChI is InChI=1S/C20H26N4O2/c1-14-8-10-16(11-9-14)13-23-20(26)24-17(6-3-7-18(24)21-23)19(25)22-12-4-5-15(22)2/h8-11,15,17H,3-7,12-13H2,1-2H3/t15-,17?/m0/s1. The molecule has 0 radical (unpaired) electrons. The molecule has 2 aliphatic heterocycles. The maximum absolute atomic E-state index is 13.1. The maximum atomic E-state index is 13.1. The number of benzene rings is 1. The summed E-state index contributed by atoms with van der Waals surface area (Å²) in [5, 5.41) is 4.54. The van der Waals surface area contributed by atoms with Crippen molar-refractivity contribution in [2.45, 2.75) is 64.6 Å². The van der Waals surface area contributed by atoms with Crippen molar-refractivity contribution in [2.24, 2.45) is 0 Å². The summed E-state index contributed by atoms with van der Waals surface area (Å²) in [4.78, 5) is 28.0. The summed E-state index contributed by atoms with van der Waals surface area (Å²) in [7, 11) is 0. The van der Waals surface area contributed by atoms with Gasteiger partial charge in [-0.15, -0.1) is 0 Å². The predicted octanol–water partition coefficient (Wildman–Crippen LogP) is 2.29. The molecule has 2 atom stereocenters. The molecule has 0 N–H and O–H groups in total. The molecule has 1 amide bonds. The van der Waals surface area contributed by atoms with Crippen LogP contribution >= 0.6 is 0 Å². The SMILES string of the molecule is Cc1ccc(Cn2nc3n(c2=O)C(C(=O)N2CCC[C@@H]2C)CCC3)cc1. The summed E-state index contributed by atoms with van der Waals surface area (Å²) in [6.07, 6.45) is 4.49. The molecular formula is C20H26N4O2. The first-order valence-electron chi connectivity index (χ1n) is 9.59. The van der Waals surface area contributed by atoms with E-state index in [1.54, 1.807) is 4.57 Å². The molecule has 138 valence electrons. The Bertz CT molecular complexity index is 865. The second kappa shape index (κ2) is 6.74. The zero-order chi connectivity index (χ0) is 18.3. The van der Waals surface area contributed by atoms with E-state index < -0.39 is 6.04 Å². The van der Waals surface area contributed by atoms with Crippen molar-refractivity contribution in [3.63, 3.8) is 0 Å². The lowest BCUT2D eigenvalue weighted by molar-refractivity contribution is -0.136. The third kappa shape index (κ3) is 2.97. The molecule has 1 fully saturated rings. The fourth-order valence-corrected chi connectivity index (χ4v) is 4.19. The summed E-state index contributed by atoms with van der Waals surface area (Å²) >= 11 is 0. The number of carbonyl (C=O) groups is 1. The van der Waals surface area contributed by atoms with Gasteiger partial charge in [-0.1, -0.05) is 29.8 Å². The van der Waals surface area contributed by atoms with Crippen LogP contribution in [0.15, 0.2) is 29.1 Å². The van der Waals surface area contributed by atoms with Crippen LogP contribution in [0.3, 0.4) is 0 Å². The molecule has 1 aromatic carbocycles. The van der Waals surface area contributed by atoms with Gasteiger partial charge in [-0.25, -0.2) is 9.48 Å². The molecule has 3 heterocycles. The highest BCUT2D eigenvalue weighted by molar-refractivity contribution is 5.81. The van der Waals surface area contributed by atoms with Crippen molar-refractivity contribution in [3.8, 4) is 0 Å². The van der Waals surface area contributed by atoms with Crippen LogP contribution in [0, 0.1) is 6.92 Å². The Kier molecular flexibility index (Phi) is 4.42. The van der Waals surface area contributed by atoms with Crippen molar-refractivity contribution in [1.82, 2.24) is 19.2 Å². The minimum absolute atomic E-state index is 0.0907. The van der Waals surface area contributed by atoms with Crippen LogP contribution in [0.1, 0.15) is 55.6 Å². The molecule has 2 aromatic rings. The first-order chi connectivity index (χ1) is 12.5. The second-order valence-corrected chi connectivity index (χ2v) is 7.64. The molecule has 0 aliphatic carbocycles. The number of hydrogen-bond acceptors (Lipinski definition) is 3. The minimum Gasteiger partial charge on any atom is -0.338 e. The van der Waals surface area contributed by atoms with E-state index in [9.17, 15) is 9.59 Å². The number of likely N-dealkylation sites (tertiary alicyclic amines) is 1. The quantitative estimate of drug-likeness (QED) is 0.850. The van der Waals surface area contributed by atoms with E-state index in [0.29, 0.717) is 6.54 Å². The molecule has 0 saturated carbocycles. The number of amides is 1. The lowest BCUT2D eigenvalue weighted by Crippen LogP contribution is -2.43. The summed E-state index contributed by atoms with van der Waals surface area (Å²) in [6, 6.07) is 8.00. The summed E-state index contributed by atoms with van der Waals surface area (Å²) in [6.45, 7) is 5.39. The number of fused-ring (bicyclic) bond motifs is 1. The number of rotatable bonds is 3. The molecule has 0 spiro atoms. The Morgan fingerprint density at radius 3 is 2.65 bits per heavy atom. The third-order valence-electron chi connectivity index (χ3n) is 5.70. The fourth-order valence-electron chi connectivity index (χ4n) is 4.19. The molecule has 0 bridgehead atoms. The Labute approximate surface area is 153 Å². The largest absolute Gasteiger partial charge is 0.346 e. The smallest absolute Gasteiger partial charge is 0.338 e. The predicted molar refractivity (Wildman–Crippen MR) is 99.2 cm³/mol. The number of aryl methyl sites for hydroxylation is 2. The highest BCUT2D eigenvalue weighted by Gasteiger charge is 2.36. The lowest BCUT2D eigenvalue weighted by Gasteiger charge is -2.29. The average molecular weight is 354 g/mol. The van der Waals surface area contributed by atoms with Crippen molar-refractivity contribution >= 4 is 5.91 Å². The molecule has 4 rings (SSSR count). The van der Waals surface area contributed by atoms with E-state index in [1.807, 2.05) is 36.1 Å². The van der Waals surface area contributed by atoms with E-state index in [-0.39, 0.29) is 17.6 Å². The molecule has 2 aliphatic rings. The molecule has 1 saturated heterocycles. The topological polar surface area (TPSA) is 60.1 Å². The van der Waals surface area contributed by atoms with Gasteiger partial charge in [-0.2, -0.15) is 5.10 Å². The summed E-state index contributed by atoms with van der Waals surface area (Å²) < 4.78 is 3.17. The van der Waals surface area contributed by atoms with Gasteiger partial charge in [0.15, 0.2) is 0 Å². The van der Waals surface area contributed by atoms with Crippen LogP contribution < -0.4 is 5.69 Å². The zero-order valence-corrected chi connectivity index (χ0v) is 15.5. The highest BCUT2D eigenvalue weighted by Crippen LogP contribution is 2.27.